The Bertz CT molecular complexity index is 562. The molecule has 0 aliphatic carbocycles. The van der Waals surface area contributed by atoms with Crippen LogP contribution in [0.5, 0.6) is 5.75 Å². The molecule has 1 atom stereocenters. The Kier molecular flexibility index (Phi) is 5.28. The van der Waals surface area contributed by atoms with E-state index in [0.29, 0.717) is 17.9 Å². The molecule has 0 spiro atoms. The van der Waals surface area contributed by atoms with Gasteiger partial charge in [0.05, 0.1) is 12.2 Å². The second-order valence-electron chi connectivity index (χ2n) is 4.81. The van der Waals surface area contributed by atoms with Gasteiger partial charge < -0.3 is 9.84 Å². The van der Waals surface area contributed by atoms with E-state index in [4.69, 9.17) is 4.74 Å². The van der Waals surface area contributed by atoms with E-state index in [0.717, 1.165) is 25.0 Å². The molecule has 1 N–H and O–H groups in total. The number of ether oxygens (including phenoxy) is 1. The first kappa shape index (κ1) is 15.4. The zero-order valence-electron chi connectivity index (χ0n) is 11.9. The van der Waals surface area contributed by atoms with Crippen LogP contribution in [0, 0.1) is 11.6 Å². The smallest absolute Gasteiger partial charge is 0.132 e. The van der Waals surface area contributed by atoms with E-state index >= 15 is 0 Å². The van der Waals surface area contributed by atoms with Crippen LogP contribution in [-0.4, -0.2) is 11.7 Å². The van der Waals surface area contributed by atoms with E-state index in [1.54, 1.807) is 24.3 Å². The quantitative estimate of drug-likeness (QED) is 0.808. The lowest BCUT2D eigenvalue weighted by Crippen LogP contribution is -2.05. The minimum atomic E-state index is -1.34. The van der Waals surface area contributed by atoms with Gasteiger partial charge in [0, 0.05) is 0 Å². The van der Waals surface area contributed by atoms with Crippen molar-refractivity contribution < 1.29 is 18.6 Å². The molecule has 0 radical (unpaired) electrons. The molecular weight excluding hydrogens is 274 g/mol. The van der Waals surface area contributed by atoms with Crippen LogP contribution in [-0.2, 0) is 0 Å². The van der Waals surface area contributed by atoms with Crippen LogP contribution < -0.4 is 4.74 Å². The fourth-order valence-corrected chi connectivity index (χ4v) is 2.02. The van der Waals surface area contributed by atoms with Crippen molar-refractivity contribution >= 4 is 0 Å². The Morgan fingerprint density at radius 3 is 2.24 bits per heavy atom. The molecule has 112 valence electrons. The number of unbranched alkanes of at least 4 members (excludes halogenated alkanes) is 1. The van der Waals surface area contributed by atoms with Crippen molar-refractivity contribution in [1.82, 2.24) is 0 Å². The van der Waals surface area contributed by atoms with Gasteiger partial charge >= 0.3 is 0 Å². The van der Waals surface area contributed by atoms with Crippen LogP contribution in [0.4, 0.5) is 8.78 Å². The van der Waals surface area contributed by atoms with Gasteiger partial charge in [0.15, 0.2) is 0 Å². The molecule has 21 heavy (non-hydrogen) atoms. The van der Waals surface area contributed by atoms with Gasteiger partial charge in [0.2, 0.25) is 0 Å². The Labute approximate surface area is 123 Å². The van der Waals surface area contributed by atoms with Gasteiger partial charge in [0.25, 0.3) is 0 Å². The molecule has 0 bridgehead atoms. The molecule has 0 aliphatic heterocycles. The number of rotatable bonds is 6. The number of aliphatic hydroxyl groups is 1. The van der Waals surface area contributed by atoms with Gasteiger partial charge in [-0.3, -0.25) is 0 Å². The predicted molar refractivity (Wildman–Crippen MR) is 77.3 cm³/mol. The fourth-order valence-electron chi connectivity index (χ4n) is 2.02. The molecule has 0 aromatic heterocycles. The van der Waals surface area contributed by atoms with E-state index in [2.05, 4.69) is 6.92 Å². The van der Waals surface area contributed by atoms with Gasteiger partial charge in [-0.15, -0.1) is 0 Å². The van der Waals surface area contributed by atoms with Gasteiger partial charge in [-0.1, -0.05) is 31.5 Å². The van der Waals surface area contributed by atoms with Crippen molar-refractivity contribution in [2.45, 2.75) is 25.9 Å². The van der Waals surface area contributed by atoms with Crippen LogP contribution in [0.2, 0.25) is 0 Å². The first-order valence-corrected chi connectivity index (χ1v) is 6.98. The maximum atomic E-state index is 13.6. The molecule has 0 saturated heterocycles. The summed E-state index contributed by atoms with van der Waals surface area (Å²) in [6, 6.07) is 10.1. The van der Waals surface area contributed by atoms with Crippen LogP contribution in [0.1, 0.15) is 37.0 Å². The van der Waals surface area contributed by atoms with Crippen molar-refractivity contribution in [3.63, 3.8) is 0 Å². The summed E-state index contributed by atoms with van der Waals surface area (Å²) in [4.78, 5) is 0. The first-order chi connectivity index (χ1) is 10.1. The lowest BCUT2D eigenvalue weighted by molar-refractivity contribution is 0.209. The molecule has 0 fully saturated rings. The Morgan fingerprint density at radius 2 is 1.67 bits per heavy atom. The van der Waals surface area contributed by atoms with Gasteiger partial charge in [-0.25, -0.2) is 8.78 Å². The molecule has 0 aliphatic rings. The molecule has 0 heterocycles. The highest BCUT2D eigenvalue weighted by molar-refractivity contribution is 5.35. The summed E-state index contributed by atoms with van der Waals surface area (Å²) in [5.74, 6) is -0.843. The number of hydrogen-bond donors (Lipinski definition) is 1. The van der Waals surface area contributed by atoms with Crippen LogP contribution >= 0.6 is 0 Å². The Hall–Kier alpha value is -1.94. The van der Waals surface area contributed by atoms with Gasteiger partial charge in [-0.05, 0) is 36.2 Å². The molecule has 2 aromatic carbocycles. The molecule has 2 rings (SSSR count). The summed E-state index contributed by atoms with van der Waals surface area (Å²) in [7, 11) is 0. The molecule has 1 unspecified atom stereocenters. The molecule has 0 amide bonds. The van der Waals surface area contributed by atoms with E-state index in [1.807, 2.05) is 0 Å². The summed E-state index contributed by atoms with van der Waals surface area (Å²) in [5.41, 5.74) is 0.0824. The lowest BCUT2D eigenvalue weighted by Gasteiger charge is -2.14. The Morgan fingerprint density at radius 1 is 1.05 bits per heavy atom. The van der Waals surface area contributed by atoms with Gasteiger partial charge in [0.1, 0.15) is 23.5 Å². The van der Waals surface area contributed by atoms with Crippen LogP contribution in [0.15, 0.2) is 42.5 Å². The Balaban J connectivity index is 2.14. The van der Waals surface area contributed by atoms with Crippen molar-refractivity contribution in [2.24, 2.45) is 0 Å². The average Bonchev–Trinajstić information content (AvgIpc) is 2.48. The number of hydrogen-bond acceptors (Lipinski definition) is 2. The molecule has 4 heteroatoms. The summed E-state index contributed by atoms with van der Waals surface area (Å²) in [5, 5.41) is 10.1. The highest BCUT2D eigenvalue weighted by Gasteiger charge is 2.19. The summed E-state index contributed by atoms with van der Waals surface area (Å²) in [6.45, 7) is 2.70. The number of aliphatic hydroxyl groups excluding tert-OH is 1. The second-order valence-corrected chi connectivity index (χ2v) is 4.81. The maximum Gasteiger partial charge on any atom is 0.132 e. The monoisotopic (exact) mass is 292 g/mol. The van der Waals surface area contributed by atoms with Crippen molar-refractivity contribution in [3.05, 3.63) is 65.2 Å². The topological polar surface area (TPSA) is 29.5 Å². The van der Waals surface area contributed by atoms with E-state index in [1.165, 1.54) is 6.07 Å². The zero-order valence-corrected chi connectivity index (χ0v) is 11.9. The minimum Gasteiger partial charge on any atom is -0.494 e. The summed E-state index contributed by atoms with van der Waals surface area (Å²) >= 11 is 0. The third-order valence-corrected chi connectivity index (χ3v) is 3.24. The van der Waals surface area contributed by atoms with Crippen LogP contribution in [0.25, 0.3) is 0 Å². The van der Waals surface area contributed by atoms with E-state index in [-0.39, 0.29) is 5.56 Å². The standard InChI is InChI=1S/C17H18F2O2/c1-2-3-11-21-13-9-7-12(8-10-13)17(20)16-14(18)5-4-6-15(16)19/h4-10,17,20H,2-3,11H2,1H3. The second kappa shape index (κ2) is 7.18. The van der Waals surface area contributed by atoms with E-state index in [9.17, 15) is 13.9 Å². The third-order valence-electron chi connectivity index (χ3n) is 3.24. The van der Waals surface area contributed by atoms with Crippen molar-refractivity contribution in [2.75, 3.05) is 6.61 Å². The zero-order chi connectivity index (χ0) is 15.2. The number of benzene rings is 2. The molecule has 0 saturated carbocycles. The molecular formula is C17H18F2O2. The first-order valence-electron chi connectivity index (χ1n) is 6.98. The normalized spacial score (nSPS) is 12.2. The maximum absolute atomic E-state index is 13.6. The van der Waals surface area contributed by atoms with Crippen LogP contribution in [0.3, 0.4) is 0 Å². The highest BCUT2D eigenvalue weighted by Crippen LogP contribution is 2.27. The minimum absolute atomic E-state index is 0.336. The van der Waals surface area contributed by atoms with Crippen molar-refractivity contribution in [1.29, 1.82) is 0 Å². The largest absolute Gasteiger partial charge is 0.494 e. The third kappa shape index (κ3) is 3.79. The molecule has 2 aromatic rings. The average molecular weight is 292 g/mol. The summed E-state index contributed by atoms with van der Waals surface area (Å²) < 4.78 is 32.8. The van der Waals surface area contributed by atoms with Gasteiger partial charge in [-0.2, -0.15) is 0 Å². The van der Waals surface area contributed by atoms with E-state index < -0.39 is 17.7 Å². The van der Waals surface area contributed by atoms with Crippen molar-refractivity contribution in [3.8, 4) is 5.75 Å². The number of halogens is 2. The summed E-state index contributed by atoms with van der Waals surface area (Å²) in [6.07, 6.45) is 0.671. The molecule has 2 nitrogen and oxygen atoms in total. The SMILES string of the molecule is CCCCOc1ccc(C(O)c2c(F)cccc2F)cc1. The highest BCUT2D eigenvalue weighted by atomic mass is 19.1. The predicted octanol–water partition coefficient (Wildman–Crippen LogP) is 4.23. The fraction of sp³-hybridized carbons (Fsp3) is 0.294. The lowest BCUT2D eigenvalue weighted by atomic mass is 10.0.